The molecule has 2 rings (SSSR count). The Bertz CT molecular complexity index is 826. The van der Waals surface area contributed by atoms with Crippen LogP contribution in [0.2, 0.25) is 5.02 Å². The van der Waals surface area contributed by atoms with Gasteiger partial charge >= 0.3 is 12.0 Å². The Morgan fingerprint density at radius 2 is 1.85 bits per heavy atom. The minimum Gasteiger partial charge on any atom is -0.493 e. The van der Waals surface area contributed by atoms with Gasteiger partial charge < -0.3 is 24.8 Å². The van der Waals surface area contributed by atoms with Crippen LogP contribution < -0.4 is 20.1 Å². The molecule has 0 heterocycles. The van der Waals surface area contributed by atoms with E-state index in [2.05, 4.69) is 15.4 Å². The predicted octanol–water partition coefficient (Wildman–Crippen LogP) is 3.64. The lowest BCUT2D eigenvalue weighted by molar-refractivity contribution is 0.0600. The molecule has 144 valence electrons. The number of carbonyl (C=O) groups is 2. The van der Waals surface area contributed by atoms with E-state index in [9.17, 15) is 9.59 Å². The van der Waals surface area contributed by atoms with E-state index in [1.165, 1.54) is 25.3 Å². The summed E-state index contributed by atoms with van der Waals surface area (Å²) in [4.78, 5) is 23.6. The Labute approximate surface area is 162 Å². The summed E-state index contributed by atoms with van der Waals surface area (Å²) in [6, 6.07) is 9.59. The summed E-state index contributed by atoms with van der Waals surface area (Å²) in [7, 11) is 2.85. The van der Waals surface area contributed by atoms with Gasteiger partial charge in [-0.25, -0.2) is 9.59 Å². The molecule has 2 aromatic carbocycles. The molecule has 2 amide bonds. The van der Waals surface area contributed by atoms with E-state index in [4.69, 9.17) is 21.1 Å². The van der Waals surface area contributed by atoms with E-state index in [-0.39, 0.29) is 18.7 Å². The fourth-order valence-electron chi connectivity index (χ4n) is 2.25. The Kier molecular flexibility index (Phi) is 7.31. The summed E-state index contributed by atoms with van der Waals surface area (Å²) in [6.45, 7) is 2.47. The molecule has 27 heavy (non-hydrogen) atoms. The third kappa shape index (κ3) is 5.79. The second-order valence-electron chi connectivity index (χ2n) is 5.57. The van der Waals surface area contributed by atoms with Crippen molar-refractivity contribution in [1.82, 2.24) is 5.32 Å². The van der Waals surface area contributed by atoms with Gasteiger partial charge in [-0.1, -0.05) is 17.7 Å². The lowest BCUT2D eigenvalue weighted by Crippen LogP contribution is -2.32. The second kappa shape index (κ2) is 9.68. The maximum atomic E-state index is 12.0. The van der Waals surface area contributed by atoms with Crippen molar-refractivity contribution in [3.8, 4) is 11.5 Å². The molecule has 0 atom stereocenters. The third-order valence-electron chi connectivity index (χ3n) is 3.60. The molecule has 2 N–H and O–H groups in total. The van der Waals surface area contributed by atoms with Gasteiger partial charge in [0, 0.05) is 0 Å². The van der Waals surface area contributed by atoms with Crippen LogP contribution in [0, 0.1) is 6.92 Å². The van der Waals surface area contributed by atoms with Gasteiger partial charge in [-0.2, -0.15) is 0 Å². The van der Waals surface area contributed by atoms with Crippen molar-refractivity contribution < 1.29 is 23.8 Å². The molecular formula is C19H21ClN2O5. The average Bonchev–Trinajstić information content (AvgIpc) is 2.67. The van der Waals surface area contributed by atoms with Crippen molar-refractivity contribution in [2.24, 2.45) is 0 Å². The normalized spacial score (nSPS) is 10.1. The molecule has 0 radical (unpaired) electrons. The van der Waals surface area contributed by atoms with Gasteiger partial charge in [-0.05, 0) is 42.8 Å². The van der Waals surface area contributed by atoms with Crippen LogP contribution in [0.4, 0.5) is 10.5 Å². The van der Waals surface area contributed by atoms with Gasteiger partial charge in [-0.3, -0.25) is 0 Å². The summed E-state index contributed by atoms with van der Waals surface area (Å²) >= 11 is 6.04. The minimum absolute atomic E-state index is 0.253. The number of esters is 1. The van der Waals surface area contributed by atoms with Crippen LogP contribution in [-0.4, -0.2) is 39.4 Å². The van der Waals surface area contributed by atoms with Gasteiger partial charge in [0.15, 0.2) is 11.5 Å². The zero-order chi connectivity index (χ0) is 19.8. The third-order valence-corrected chi connectivity index (χ3v) is 3.93. The highest BCUT2D eigenvalue weighted by Gasteiger charge is 2.11. The van der Waals surface area contributed by atoms with Crippen molar-refractivity contribution in [3.63, 3.8) is 0 Å². The SMILES string of the molecule is COC(=O)c1ccc(Cl)c(NC(=O)NCCOc2ccc(C)cc2OC)c1. The molecule has 0 aromatic heterocycles. The average molecular weight is 393 g/mol. The van der Waals surface area contributed by atoms with E-state index in [0.717, 1.165) is 5.56 Å². The summed E-state index contributed by atoms with van der Waals surface area (Å²) in [5, 5.41) is 5.54. The largest absolute Gasteiger partial charge is 0.493 e. The second-order valence-corrected chi connectivity index (χ2v) is 5.98. The number of urea groups is 1. The van der Waals surface area contributed by atoms with Crippen LogP contribution in [0.3, 0.4) is 0 Å². The van der Waals surface area contributed by atoms with Crippen LogP contribution in [0.25, 0.3) is 0 Å². The fraction of sp³-hybridized carbons (Fsp3) is 0.263. The Morgan fingerprint density at radius 1 is 1.07 bits per heavy atom. The minimum atomic E-state index is -0.518. The first kappa shape index (κ1) is 20.4. The topological polar surface area (TPSA) is 85.9 Å². The number of carbonyl (C=O) groups excluding carboxylic acids is 2. The zero-order valence-corrected chi connectivity index (χ0v) is 16.1. The van der Waals surface area contributed by atoms with E-state index >= 15 is 0 Å². The number of halogens is 1. The highest BCUT2D eigenvalue weighted by molar-refractivity contribution is 6.33. The van der Waals surface area contributed by atoms with Crippen molar-refractivity contribution >= 4 is 29.3 Å². The number of amides is 2. The van der Waals surface area contributed by atoms with Crippen LogP contribution in [0.15, 0.2) is 36.4 Å². The van der Waals surface area contributed by atoms with Crippen molar-refractivity contribution in [3.05, 3.63) is 52.5 Å². The van der Waals surface area contributed by atoms with Gasteiger partial charge in [-0.15, -0.1) is 0 Å². The molecule has 0 saturated heterocycles. The molecule has 8 heteroatoms. The molecule has 0 spiro atoms. The predicted molar refractivity (Wildman–Crippen MR) is 103 cm³/mol. The van der Waals surface area contributed by atoms with Crippen molar-refractivity contribution in [2.75, 3.05) is 32.7 Å². The molecule has 0 saturated carbocycles. The maximum absolute atomic E-state index is 12.0. The lowest BCUT2D eigenvalue weighted by atomic mass is 10.2. The quantitative estimate of drug-likeness (QED) is 0.555. The fourth-order valence-corrected chi connectivity index (χ4v) is 2.42. The van der Waals surface area contributed by atoms with E-state index in [0.29, 0.717) is 22.2 Å². The molecule has 0 aliphatic heterocycles. The lowest BCUT2D eigenvalue weighted by Gasteiger charge is -2.13. The zero-order valence-electron chi connectivity index (χ0n) is 15.3. The Balaban J connectivity index is 1.86. The Hall–Kier alpha value is -2.93. The van der Waals surface area contributed by atoms with Gasteiger partial charge in [0.1, 0.15) is 6.61 Å². The number of anilines is 1. The highest BCUT2D eigenvalue weighted by Crippen LogP contribution is 2.27. The number of benzene rings is 2. The first-order valence-corrected chi connectivity index (χ1v) is 8.52. The highest BCUT2D eigenvalue weighted by atomic mass is 35.5. The van der Waals surface area contributed by atoms with Crippen LogP contribution >= 0.6 is 11.6 Å². The van der Waals surface area contributed by atoms with Crippen LogP contribution in [0.5, 0.6) is 11.5 Å². The number of rotatable bonds is 7. The van der Waals surface area contributed by atoms with Gasteiger partial charge in [0.25, 0.3) is 0 Å². The van der Waals surface area contributed by atoms with Crippen LogP contribution in [-0.2, 0) is 4.74 Å². The van der Waals surface area contributed by atoms with E-state index in [1.54, 1.807) is 7.11 Å². The summed E-state index contributed by atoms with van der Waals surface area (Å²) < 4.78 is 15.5. The molecular weight excluding hydrogens is 372 g/mol. The molecule has 0 bridgehead atoms. The Morgan fingerprint density at radius 3 is 2.56 bits per heavy atom. The van der Waals surface area contributed by atoms with Crippen molar-refractivity contribution in [1.29, 1.82) is 0 Å². The van der Waals surface area contributed by atoms with Crippen LogP contribution in [0.1, 0.15) is 15.9 Å². The monoisotopic (exact) mass is 392 g/mol. The number of aryl methyl sites for hydroxylation is 1. The molecule has 7 nitrogen and oxygen atoms in total. The van der Waals surface area contributed by atoms with E-state index < -0.39 is 12.0 Å². The standard InChI is InChI=1S/C19H21ClN2O5/c1-12-4-7-16(17(10-12)25-2)27-9-8-21-19(24)22-15-11-13(18(23)26-3)5-6-14(15)20/h4-7,10-11H,8-9H2,1-3H3,(H2,21,22,24). The first-order chi connectivity index (χ1) is 12.9. The smallest absolute Gasteiger partial charge is 0.337 e. The first-order valence-electron chi connectivity index (χ1n) is 8.14. The summed E-state index contributed by atoms with van der Waals surface area (Å²) in [6.07, 6.45) is 0. The molecule has 0 unspecified atom stereocenters. The maximum Gasteiger partial charge on any atom is 0.337 e. The summed E-state index contributed by atoms with van der Waals surface area (Å²) in [5.74, 6) is 0.709. The number of ether oxygens (including phenoxy) is 3. The molecule has 0 fully saturated rings. The number of hydrogen-bond acceptors (Lipinski definition) is 5. The molecule has 2 aromatic rings. The number of hydrogen-bond donors (Lipinski definition) is 2. The van der Waals surface area contributed by atoms with Gasteiger partial charge in [0.05, 0.1) is 37.0 Å². The molecule has 0 aliphatic carbocycles. The number of nitrogens with one attached hydrogen (secondary N) is 2. The van der Waals surface area contributed by atoms with Gasteiger partial charge in [0.2, 0.25) is 0 Å². The van der Waals surface area contributed by atoms with Crippen molar-refractivity contribution in [2.45, 2.75) is 6.92 Å². The number of methoxy groups -OCH3 is 2. The van der Waals surface area contributed by atoms with E-state index in [1.807, 2.05) is 25.1 Å². The molecule has 0 aliphatic rings. The summed E-state index contributed by atoms with van der Waals surface area (Å²) in [5.41, 5.74) is 1.65.